The van der Waals surface area contributed by atoms with E-state index >= 15 is 0 Å². The summed E-state index contributed by atoms with van der Waals surface area (Å²) in [6, 6.07) is 16.5. The second kappa shape index (κ2) is 9.99. The molecule has 0 radical (unpaired) electrons. The van der Waals surface area contributed by atoms with Crippen molar-refractivity contribution < 1.29 is 9.53 Å². The number of carbonyl (C=O) groups excluding carboxylic acids is 1. The molecule has 0 aromatic heterocycles. The molecule has 0 aliphatic carbocycles. The zero-order chi connectivity index (χ0) is 19.9. The first-order chi connectivity index (χ1) is 13.6. The Morgan fingerprint density at radius 2 is 1.75 bits per heavy atom. The predicted molar refractivity (Wildman–Crippen MR) is 122 cm³/mol. The Morgan fingerprint density at radius 3 is 2.32 bits per heavy atom. The van der Waals surface area contributed by atoms with Gasteiger partial charge in [0.05, 0.1) is 4.91 Å². The molecule has 0 fully saturated rings. The zero-order valence-corrected chi connectivity index (χ0v) is 18.1. The average molecular weight is 412 g/mol. The number of aliphatic imine (C=N–C) groups is 1. The molecule has 0 spiro atoms. The van der Waals surface area contributed by atoms with Crippen molar-refractivity contribution in [2.24, 2.45) is 4.99 Å². The number of amides is 1. The van der Waals surface area contributed by atoms with Gasteiger partial charge >= 0.3 is 0 Å². The molecule has 1 amide bonds. The van der Waals surface area contributed by atoms with Crippen LogP contribution in [0, 0.1) is 0 Å². The summed E-state index contributed by atoms with van der Waals surface area (Å²) in [7, 11) is 0. The molecule has 0 N–H and O–H groups in total. The van der Waals surface area contributed by atoms with Gasteiger partial charge in [0.2, 0.25) is 0 Å². The van der Waals surface area contributed by atoms with Crippen LogP contribution in [0.4, 0.5) is 0 Å². The van der Waals surface area contributed by atoms with E-state index in [1.807, 2.05) is 36.6 Å². The van der Waals surface area contributed by atoms with Crippen molar-refractivity contribution in [1.29, 1.82) is 0 Å². The molecule has 0 bridgehead atoms. The molecule has 1 aliphatic rings. The maximum atomic E-state index is 11.9. The van der Waals surface area contributed by atoms with Crippen LogP contribution in [0.25, 0.3) is 6.08 Å². The fraction of sp³-hybridized carbons (Fsp3) is 0.304. The second-order valence-corrected chi connectivity index (χ2v) is 8.69. The van der Waals surface area contributed by atoms with E-state index in [9.17, 15) is 4.79 Å². The Balaban J connectivity index is 1.57. The number of rotatable bonds is 7. The number of nitrogens with zero attached hydrogens (tertiary/aromatic N) is 1. The third-order valence-corrected chi connectivity index (χ3v) is 6.76. The van der Waals surface area contributed by atoms with E-state index in [0.717, 1.165) is 34.1 Å². The summed E-state index contributed by atoms with van der Waals surface area (Å²) >= 11 is 2.93. The minimum atomic E-state index is -0.154. The van der Waals surface area contributed by atoms with Crippen LogP contribution < -0.4 is 4.74 Å². The molecule has 1 heterocycles. The summed E-state index contributed by atoms with van der Waals surface area (Å²) in [5.41, 5.74) is 3.46. The highest BCUT2D eigenvalue weighted by Crippen LogP contribution is 2.32. The Labute approximate surface area is 175 Å². The smallest absolute Gasteiger partial charge is 0.285 e. The Morgan fingerprint density at radius 1 is 1.07 bits per heavy atom. The average Bonchev–Trinajstić information content (AvgIpc) is 3.09. The van der Waals surface area contributed by atoms with E-state index in [4.69, 9.17) is 4.74 Å². The van der Waals surface area contributed by atoms with Gasteiger partial charge in [0, 0.05) is 0 Å². The lowest BCUT2D eigenvalue weighted by molar-refractivity contribution is -0.113. The van der Waals surface area contributed by atoms with E-state index in [1.165, 1.54) is 29.1 Å². The normalized spacial score (nSPS) is 15.4. The van der Waals surface area contributed by atoms with Gasteiger partial charge in [-0.2, -0.15) is 4.99 Å². The molecular formula is C23H25NO2S2. The van der Waals surface area contributed by atoms with Crippen molar-refractivity contribution in [3.63, 3.8) is 0 Å². The number of ether oxygens (including phenoxy) is 1. The molecule has 5 heteroatoms. The standard InChI is InChI=1S/C23H25NO2S2/c1-4-18(5-2)19-10-12-20(13-11-19)26-15-17-8-6-16(7-9-17)14-21-22(25)24-23(27-3)28-21/h6-14,18H,4-5,15H2,1-3H3/b21-14-. The van der Waals surface area contributed by atoms with Crippen LogP contribution in [0.3, 0.4) is 0 Å². The molecule has 3 rings (SSSR count). The van der Waals surface area contributed by atoms with Gasteiger partial charge in [0.25, 0.3) is 5.91 Å². The third-order valence-electron chi connectivity index (χ3n) is 4.80. The number of hydrogen-bond donors (Lipinski definition) is 0. The molecule has 3 nitrogen and oxygen atoms in total. The largest absolute Gasteiger partial charge is 0.489 e. The Bertz CT molecular complexity index is 866. The van der Waals surface area contributed by atoms with Crippen LogP contribution in [-0.2, 0) is 11.4 Å². The van der Waals surface area contributed by atoms with Crippen LogP contribution in [0.15, 0.2) is 58.4 Å². The third kappa shape index (κ3) is 5.30. The summed E-state index contributed by atoms with van der Waals surface area (Å²) in [6.45, 7) is 4.98. The van der Waals surface area contributed by atoms with Crippen LogP contribution in [0.2, 0.25) is 0 Å². The van der Waals surface area contributed by atoms with Crippen LogP contribution >= 0.6 is 23.5 Å². The Kier molecular flexibility index (Phi) is 7.40. The highest BCUT2D eigenvalue weighted by atomic mass is 32.2. The first-order valence-electron chi connectivity index (χ1n) is 9.51. The lowest BCUT2D eigenvalue weighted by Crippen LogP contribution is -1.98. The van der Waals surface area contributed by atoms with Gasteiger partial charge < -0.3 is 4.74 Å². The van der Waals surface area contributed by atoms with Gasteiger partial charge in [-0.05, 0) is 59.9 Å². The topological polar surface area (TPSA) is 38.7 Å². The SMILES string of the molecule is CCC(CC)c1ccc(OCc2ccc(/C=C3\SC(SC)=NC3=O)cc2)cc1. The predicted octanol–water partition coefficient (Wildman–Crippen LogP) is 6.50. The number of carbonyl (C=O) groups is 1. The summed E-state index contributed by atoms with van der Waals surface area (Å²) in [6.07, 6.45) is 6.14. The molecule has 146 valence electrons. The molecule has 0 saturated heterocycles. The Hall–Kier alpha value is -1.98. The second-order valence-electron chi connectivity index (χ2n) is 6.61. The number of benzene rings is 2. The summed E-state index contributed by atoms with van der Waals surface area (Å²) in [5, 5.41) is 0. The molecule has 0 atom stereocenters. The van der Waals surface area contributed by atoms with E-state index < -0.39 is 0 Å². The maximum absolute atomic E-state index is 11.9. The van der Waals surface area contributed by atoms with Gasteiger partial charge in [-0.15, -0.1) is 11.8 Å². The van der Waals surface area contributed by atoms with Crippen molar-refractivity contribution in [2.75, 3.05) is 6.26 Å². The molecule has 0 unspecified atom stereocenters. The summed E-state index contributed by atoms with van der Waals surface area (Å²) in [4.78, 5) is 16.5. The highest BCUT2D eigenvalue weighted by Gasteiger charge is 2.20. The minimum absolute atomic E-state index is 0.154. The van der Waals surface area contributed by atoms with Crippen LogP contribution in [0.1, 0.15) is 49.3 Å². The van der Waals surface area contributed by atoms with Gasteiger partial charge in [-0.3, -0.25) is 4.79 Å². The van der Waals surface area contributed by atoms with Crippen molar-refractivity contribution in [3.05, 3.63) is 70.1 Å². The van der Waals surface area contributed by atoms with Crippen LogP contribution in [-0.4, -0.2) is 16.5 Å². The van der Waals surface area contributed by atoms with Crippen molar-refractivity contribution >= 4 is 39.9 Å². The molecule has 2 aromatic rings. The van der Waals surface area contributed by atoms with E-state index in [2.05, 4.69) is 43.1 Å². The maximum Gasteiger partial charge on any atom is 0.285 e. The lowest BCUT2D eigenvalue weighted by atomic mass is 9.94. The van der Waals surface area contributed by atoms with Gasteiger partial charge in [-0.1, -0.05) is 62.0 Å². The minimum Gasteiger partial charge on any atom is -0.489 e. The summed E-state index contributed by atoms with van der Waals surface area (Å²) < 4.78 is 6.72. The molecule has 0 saturated carbocycles. The summed E-state index contributed by atoms with van der Waals surface area (Å²) in [5.74, 6) is 1.35. The van der Waals surface area contributed by atoms with Gasteiger partial charge in [0.15, 0.2) is 0 Å². The number of thioether (sulfide) groups is 2. The molecule has 2 aromatic carbocycles. The monoisotopic (exact) mass is 411 g/mol. The van der Waals surface area contributed by atoms with Gasteiger partial charge in [-0.25, -0.2) is 0 Å². The molecule has 1 aliphatic heterocycles. The zero-order valence-electron chi connectivity index (χ0n) is 16.5. The van der Waals surface area contributed by atoms with E-state index in [0.29, 0.717) is 17.4 Å². The van der Waals surface area contributed by atoms with Crippen molar-refractivity contribution in [3.8, 4) is 5.75 Å². The lowest BCUT2D eigenvalue weighted by Gasteiger charge is -2.13. The molecular weight excluding hydrogens is 386 g/mol. The van der Waals surface area contributed by atoms with E-state index in [1.54, 1.807) is 0 Å². The number of hydrogen-bond acceptors (Lipinski definition) is 4. The van der Waals surface area contributed by atoms with E-state index in [-0.39, 0.29) is 5.91 Å². The first-order valence-corrected chi connectivity index (χ1v) is 11.5. The fourth-order valence-corrected chi connectivity index (χ4v) is 4.52. The fourth-order valence-electron chi connectivity index (χ4n) is 3.10. The van der Waals surface area contributed by atoms with Crippen LogP contribution in [0.5, 0.6) is 5.75 Å². The van der Waals surface area contributed by atoms with Crippen molar-refractivity contribution in [1.82, 2.24) is 0 Å². The quantitative estimate of drug-likeness (QED) is 0.487. The van der Waals surface area contributed by atoms with Crippen molar-refractivity contribution in [2.45, 2.75) is 39.2 Å². The highest BCUT2D eigenvalue weighted by molar-refractivity contribution is 8.40. The first kappa shape index (κ1) is 20.7. The van der Waals surface area contributed by atoms with Gasteiger partial charge in [0.1, 0.15) is 16.7 Å². The molecule has 28 heavy (non-hydrogen) atoms.